The van der Waals surface area contributed by atoms with Crippen LogP contribution in [0.5, 0.6) is 5.75 Å². The maximum atomic E-state index is 13.6. The fourth-order valence-electron chi connectivity index (χ4n) is 3.68. The average molecular weight is 425 g/mol. The first-order valence-electron chi connectivity index (χ1n) is 9.65. The molecule has 2 N–H and O–H groups in total. The minimum Gasteiger partial charge on any atom is -0.497 e. The van der Waals surface area contributed by atoms with E-state index < -0.39 is 11.6 Å². The van der Waals surface area contributed by atoms with Crippen molar-refractivity contribution in [2.45, 2.75) is 37.6 Å². The average Bonchev–Trinajstić information content (AvgIpc) is 2.71. The minimum atomic E-state index is -0.850. The van der Waals surface area contributed by atoms with Crippen LogP contribution in [-0.2, 0) is 11.2 Å². The van der Waals surface area contributed by atoms with Crippen molar-refractivity contribution in [2.24, 2.45) is 0 Å². The molecule has 2 aromatic rings. The molecule has 0 radical (unpaired) electrons. The van der Waals surface area contributed by atoms with Crippen LogP contribution in [0.2, 0.25) is 0 Å². The van der Waals surface area contributed by atoms with E-state index in [-0.39, 0.29) is 30.3 Å². The first kappa shape index (κ1) is 23.1. The summed E-state index contributed by atoms with van der Waals surface area (Å²) < 4.78 is 32.0. The number of ether oxygens (including phenoxy) is 1. The van der Waals surface area contributed by atoms with Crippen molar-refractivity contribution in [1.29, 1.82) is 0 Å². The van der Waals surface area contributed by atoms with Crippen molar-refractivity contribution in [3.8, 4) is 5.75 Å². The van der Waals surface area contributed by atoms with Crippen LogP contribution in [0, 0.1) is 11.6 Å². The summed E-state index contributed by atoms with van der Waals surface area (Å²) in [4.78, 5) is 12.4. The standard InChI is InChI=1S/C22H26F2N2O2.ClH/c1-28-17-8-5-15(6-9-17)3-2-4-22(27)26-21-14-25-12-11-18(21)16-7-10-19(23)20(24)13-16;/h5-10,13,18,21,25H,2-4,11-12,14H2,1H3,(H,26,27);1H. The topological polar surface area (TPSA) is 50.4 Å². The second kappa shape index (κ2) is 11.1. The molecule has 0 aliphatic carbocycles. The first-order chi connectivity index (χ1) is 13.6. The molecule has 1 saturated heterocycles. The van der Waals surface area contributed by atoms with E-state index in [1.165, 1.54) is 6.07 Å². The summed E-state index contributed by atoms with van der Waals surface area (Å²) in [6.07, 6.45) is 2.75. The summed E-state index contributed by atoms with van der Waals surface area (Å²) in [5, 5.41) is 6.33. The highest BCUT2D eigenvalue weighted by Crippen LogP contribution is 2.27. The van der Waals surface area contributed by atoms with Crippen LogP contribution in [0.3, 0.4) is 0 Å². The lowest BCUT2D eigenvalue weighted by Crippen LogP contribution is -2.50. The van der Waals surface area contributed by atoms with E-state index in [2.05, 4.69) is 10.6 Å². The van der Waals surface area contributed by atoms with E-state index in [1.54, 1.807) is 13.2 Å². The molecule has 2 unspecified atom stereocenters. The molecule has 1 aliphatic heterocycles. The van der Waals surface area contributed by atoms with Gasteiger partial charge >= 0.3 is 0 Å². The molecule has 7 heteroatoms. The molecule has 0 saturated carbocycles. The van der Waals surface area contributed by atoms with Crippen molar-refractivity contribution in [1.82, 2.24) is 10.6 Å². The van der Waals surface area contributed by atoms with Crippen LogP contribution in [-0.4, -0.2) is 32.1 Å². The fraction of sp³-hybridized carbons (Fsp3) is 0.409. The van der Waals surface area contributed by atoms with Gasteiger partial charge in [-0.25, -0.2) is 8.78 Å². The van der Waals surface area contributed by atoms with E-state index in [9.17, 15) is 13.6 Å². The Labute approximate surface area is 176 Å². The van der Waals surface area contributed by atoms with Gasteiger partial charge in [0, 0.05) is 24.9 Å². The molecule has 2 aromatic carbocycles. The van der Waals surface area contributed by atoms with Gasteiger partial charge in [0.25, 0.3) is 0 Å². The summed E-state index contributed by atoms with van der Waals surface area (Å²) in [6.45, 7) is 1.40. The number of benzene rings is 2. The molecule has 0 bridgehead atoms. The molecule has 2 atom stereocenters. The van der Waals surface area contributed by atoms with Crippen LogP contribution in [0.15, 0.2) is 42.5 Å². The second-order valence-corrected chi connectivity index (χ2v) is 7.15. The number of methoxy groups -OCH3 is 1. The van der Waals surface area contributed by atoms with E-state index >= 15 is 0 Å². The Hall–Kier alpha value is -2.18. The molecule has 1 amide bonds. The molecule has 1 aliphatic rings. The number of carbonyl (C=O) groups excluding carboxylic acids is 1. The lowest BCUT2D eigenvalue weighted by Gasteiger charge is -2.33. The predicted octanol–water partition coefficient (Wildman–Crippen LogP) is 3.98. The number of hydrogen-bond donors (Lipinski definition) is 2. The smallest absolute Gasteiger partial charge is 0.220 e. The van der Waals surface area contributed by atoms with Crippen LogP contribution in [0.25, 0.3) is 0 Å². The normalized spacial score (nSPS) is 18.6. The number of halogens is 3. The number of hydrogen-bond acceptors (Lipinski definition) is 3. The Morgan fingerprint density at radius 1 is 1.17 bits per heavy atom. The van der Waals surface area contributed by atoms with Crippen molar-refractivity contribution >= 4 is 18.3 Å². The third-order valence-corrected chi connectivity index (χ3v) is 5.23. The van der Waals surface area contributed by atoms with Gasteiger partial charge in [-0.3, -0.25) is 4.79 Å². The highest BCUT2D eigenvalue weighted by molar-refractivity contribution is 5.85. The van der Waals surface area contributed by atoms with Gasteiger partial charge in [0.1, 0.15) is 5.75 Å². The maximum Gasteiger partial charge on any atom is 0.220 e. The zero-order valence-corrected chi connectivity index (χ0v) is 17.2. The summed E-state index contributed by atoms with van der Waals surface area (Å²) in [5.74, 6) is -0.927. The van der Waals surface area contributed by atoms with Gasteiger partial charge in [0.15, 0.2) is 11.6 Å². The van der Waals surface area contributed by atoms with Gasteiger partial charge in [0.2, 0.25) is 5.91 Å². The van der Waals surface area contributed by atoms with Gasteiger partial charge < -0.3 is 15.4 Å². The monoisotopic (exact) mass is 424 g/mol. The number of carbonyl (C=O) groups is 1. The molecule has 29 heavy (non-hydrogen) atoms. The summed E-state index contributed by atoms with van der Waals surface area (Å²) in [7, 11) is 1.63. The summed E-state index contributed by atoms with van der Waals surface area (Å²) in [5.41, 5.74) is 1.89. The van der Waals surface area contributed by atoms with E-state index in [4.69, 9.17) is 4.74 Å². The third kappa shape index (κ3) is 6.41. The largest absolute Gasteiger partial charge is 0.497 e. The number of aryl methyl sites for hydroxylation is 1. The van der Waals surface area contributed by atoms with Crippen LogP contribution in [0.1, 0.15) is 36.3 Å². The highest BCUT2D eigenvalue weighted by Gasteiger charge is 2.28. The van der Waals surface area contributed by atoms with Crippen LogP contribution < -0.4 is 15.4 Å². The molecule has 1 heterocycles. The first-order valence-corrected chi connectivity index (χ1v) is 9.65. The van der Waals surface area contributed by atoms with Gasteiger partial charge in [-0.1, -0.05) is 18.2 Å². The Kier molecular flexibility index (Phi) is 8.86. The molecule has 4 nitrogen and oxygen atoms in total. The molecule has 0 spiro atoms. The zero-order chi connectivity index (χ0) is 19.9. The van der Waals surface area contributed by atoms with Crippen molar-refractivity contribution < 1.29 is 18.3 Å². The molecular weight excluding hydrogens is 398 g/mol. The van der Waals surface area contributed by atoms with Gasteiger partial charge in [0.05, 0.1) is 7.11 Å². The molecular formula is C22H27ClF2N2O2. The quantitative estimate of drug-likeness (QED) is 0.706. The van der Waals surface area contributed by atoms with Crippen molar-refractivity contribution in [2.75, 3.05) is 20.2 Å². The highest BCUT2D eigenvalue weighted by atomic mass is 35.5. The fourth-order valence-corrected chi connectivity index (χ4v) is 3.68. The van der Waals surface area contributed by atoms with E-state index in [0.29, 0.717) is 13.0 Å². The molecule has 1 fully saturated rings. The third-order valence-electron chi connectivity index (χ3n) is 5.23. The minimum absolute atomic E-state index is 0. The SMILES string of the molecule is COc1ccc(CCCC(=O)NC2CNCCC2c2ccc(F)c(F)c2)cc1.Cl. The second-order valence-electron chi connectivity index (χ2n) is 7.15. The van der Waals surface area contributed by atoms with Crippen LogP contribution >= 0.6 is 12.4 Å². The lowest BCUT2D eigenvalue weighted by molar-refractivity contribution is -0.122. The van der Waals surface area contributed by atoms with Gasteiger partial charge in [-0.05, 0) is 61.2 Å². The molecule has 3 rings (SSSR count). The van der Waals surface area contributed by atoms with E-state index in [1.807, 2.05) is 24.3 Å². The molecule has 0 aromatic heterocycles. The predicted molar refractivity (Wildman–Crippen MR) is 112 cm³/mol. The maximum absolute atomic E-state index is 13.6. The van der Waals surface area contributed by atoms with E-state index in [0.717, 1.165) is 48.8 Å². The Morgan fingerprint density at radius 2 is 1.93 bits per heavy atom. The number of piperidine rings is 1. The number of nitrogens with one attached hydrogen (secondary N) is 2. The van der Waals surface area contributed by atoms with Gasteiger partial charge in [-0.2, -0.15) is 0 Å². The molecule has 158 valence electrons. The van der Waals surface area contributed by atoms with Gasteiger partial charge in [-0.15, -0.1) is 12.4 Å². The Morgan fingerprint density at radius 3 is 2.62 bits per heavy atom. The Bertz CT molecular complexity index is 802. The summed E-state index contributed by atoms with van der Waals surface area (Å²) >= 11 is 0. The summed E-state index contributed by atoms with van der Waals surface area (Å²) in [6, 6.07) is 11.7. The number of rotatable bonds is 7. The van der Waals surface area contributed by atoms with Crippen molar-refractivity contribution in [3.63, 3.8) is 0 Å². The van der Waals surface area contributed by atoms with Crippen molar-refractivity contribution in [3.05, 3.63) is 65.2 Å². The zero-order valence-electron chi connectivity index (χ0n) is 16.4. The number of amides is 1. The Balaban J connectivity index is 0.00000300. The lowest BCUT2D eigenvalue weighted by atomic mass is 9.86. The van der Waals surface area contributed by atoms with Crippen LogP contribution in [0.4, 0.5) is 8.78 Å².